The lowest BCUT2D eigenvalue weighted by Crippen LogP contribution is -2.38. The zero-order chi connectivity index (χ0) is 14.2. The van der Waals surface area contributed by atoms with Crippen molar-refractivity contribution < 1.29 is 8.42 Å². The molecule has 6 heteroatoms. The van der Waals surface area contributed by atoms with Gasteiger partial charge in [-0.3, -0.25) is 0 Å². The Labute approximate surface area is 125 Å². The molecule has 1 aromatic heterocycles. The Kier molecular flexibility index (Phi) is 4.17. The lowest BCUT2D eigenvalue weighted by Gasteiger charge is -2.22. The van der Waals surface area contributed by atoms with Gasteiger partial charge in [-0.1, -0.05) is 13.3 Å². The lowest BCUT2D eigenvalue weighted by molar-refractivity contribution is 0.390. The van der Waals surface area contributed by atoms with Gasteiger partial charge in [0.2, 0.25) is 10.0 Å². The standard InChI is InChI=1S/C14H22N2O2S2/c1-2-15-8-11-7-14(19-9-11)20(17,18)16-13-6-10-3-4-12(13)5-10/h7,9-10,12-13,15-16H,2-6,8H2,1H3. The number of hydrogen-bond donors (Lipinski definition) is 2. The summed E-state index contributed by atoms with van der Waals surface area (Å²) in [6, 6.07) is 1.96. The third-order valence-corrected chi connectivity index (χ3v) is 7.50. The molecule has 112 valence electrons. The highest BCUT2D eigenvalue weighted by molar-refractivity contribution is 7.91. The van der Waals surface area contributed by atoms with E-state index >= 15 is 0 Å². The van der Waals surface area contributed by atoms with Gasteiger partial charge in [0.1, 0.15) is 4.21 Å². The van der Waals surface area contributed by atoms with Gasteiger partial charge in [0.25, 0.3) is 0 Å². The maximum Gasteiger partial charge on any atom is 0.250 e. The van der Waals surface area contributed by atoms with Crippen molar-refractivity contribution in [2.24, 2.45) is 11.8 Å². The maximum atomic E-state index is 12.4. The Bertz CT molecular complexity index is 567. The number of nitrogens with one attached hydrogen (secondary N) is 2. The summed E-state index contributed by atoms with van der Waals surface area (Å²) in [6.45, 7) is 3.67. The molecule has 2 saturated carbocycles. The number of thiophene rings is 1. The van der Waals surface area contributed by atoms with Crippen LogP contribution in [0.15, 0.2) is 15.7 Å². The van der Waals surface area contributed by atoms with Crippen molar-refractivity contribution in [3.8, 4) is 0 Å². The molecule has 0 aliphatic heterocycles. The van der Waals surface area contributed by atoms with Crippen LogP contribution in [0, 0.1) is 11.8 Å². The SMILES string of the molecule is CCNCc1csc(S(=O)(=O)NC2CC3CCC2C3)c1. The number of hydrogen-bond acceptors (Lipinski definition) is 4. The van der Waals surface area contributed by atoms with Crippen LogP contribution in [0.2, 0.25) is 0 Å². The fourth-order valence-corrected chi connectivity index (χ4v) is 6.05. The van der Waals surface area contributed by atoms with Crippen molar-refractivity contribution in [2.75, 3.05) is 6.54 Å². The molecule has 2 bridgehead atoms. The van der Waals surface area contributed by atoms with Gasteiger partial charge < -0.3 is 5.32 Å². The van der Waals surface area contributed by atoms with Gasteiger partial charge in [-0.25, -0.2) is 13.1 Å². The van der Waals surface area contributed by atoms with E-state index in [1.807, 2.05) is 12.3 Å². The first-order valence-corrected chi connectivity index (χ1v) is 9.75. The van der Waals surface area contributed by atoms with Crippen LogP contribution in [0.5, 0.6) is 0 Å². The number of sulfonamides is 1. The van der Waals surface area contributed by atoms with Gasteiger partial charge in [-0.2, -0.15) is 0 Å². The van der Waals surface area contributed by atoms with Crippen molar-refractivity contribution in [1.82, 2.24) is 10.0 Å². The van der Waals surface area contributed by atoms with E-state index in [1.54, 1.807) is 6.07 Å². The van der Waals surface area contributed by atoms with Crippen molar-refractivity contribution in [3.63, 3.8) is 0 Å². The Morgan fingerprint density at radius 2 is 2.20 bits per heavy atom. The largest absolute Gasteiger partial charge is 0.313 e. The highest BCUT2D eigenvalue weighted by Gasteiger charge is 2.41. The fraction of sp³-hybridized carbons (Fsp3) is 0.714. The molecule has 1 heterocycles. The molecule has 3 unspecified atom stereocenters. The summed E-state index contributed by atoms with van der Waals surface area (Å²) in [5.41, 5.74) is 1.05. The first kappa shape index (κ1) is 14.5. The lowest BCUT2D eigenvalue weighted by atomic mass is 9.96. The third-order valence-electron chi connectivity index (χ3n) is 4.52. The first-order valence-electron chi connectivity index (χ1n) is 7.39. The maximum absolute atomic E-state index is 12.4. The van der Waals surface area contributed by atoms with Crippen LogP contribution in [-0.4, -0.2) is 21.0 Å². The summed E-state index contributed by atoms with van der Waals surface area (Å²) < 4.78 is 28.2. The van der Waals surface area contributed by atoms with Gasteiger partial charge in [0.15, 0.2) is 0 Å². The molecule has 4 nitrogen and oxygen atoms in total. The minimum atomic E-state index is -3.33. The predicted octanol–water partition coefficient (Wildman–Crippen LogP) is 2.32. The van der Waals surface area contributed by atoms with Crippen LogP contribution in [-0.2, 0) is 16.6 Å². The minimum absolute atomic E-state index is 0.165. The normalized spacial score (nSPS) is 29.1. The second-order valence-electron chi connectivity index (χ2n) is 5.96. The minimum Gasteiger partial charge on any atom is -0.313 e. The van der Waals surface area contributed by atoms with E-state index in [9.17, 15) is 8.42 Å². The molecular formula is C14H22N2O2S2. The van der Waals surface area contributed by atoms with Crippen LogP contribution >= 0.6 is 11.3 Å². The quantitative estimate of drug-likeness (QED) is 0.847. The molecule has 0 radical (unpaired) electrons. The highest BCUT2D eigenvalue weighted by Crippen LogP contribution is 2.44. The Hall–Kier alpha value is -0.430. The molecule has 0 spiro atoms. The summed E-state index contributed by atoms with van der Waals surface area (Å²) >= 11 is 1.32. The highest BCUT2D eigenvalue weighted by atomic mass is 32.2. The van der Waals surface area contributed by atoms with Gasteiger partial charge >= 0.3 is 0 Å². The van der Waals surface area contributed by atoms with Crippen LogP contribution < -0.4 is 10.0 Å². The Morgan fingerprint density at radius 3 is 2.85 bits per heavy atom. The summed E-state index contributed by atoms with van der Waals surface area (Å²) in [5, 5.41) is 5.14. The summed E-state index contributed by atoms with van der Waals surface area (Å²) in [5.74, 6) is 1.32. The molecule has 2 N–H and O–H groups in total. The average Bonchev–Trinajstić information content (AvgIpc) is 3.11. The molecule has 3 rings (SSSR count). The van der Waals surface area contributed by atoms with E-state index in [0.717, 1.165) is 31.0 Å². The topological polar surface area (TPSA) is 58.2 Å². The molecular weight excluding hydrogens is 292 g/mol. The van der Waals surface area contributed by atoms with Crippen LogP contribution in [0.1, 0.15) is 38.2 Å². The van der Waals surface area contributed by atoms with Crippen molar-refractivity contribution in [3.05, 3.63) is 17.0 Å². The zero-order valence-corrected chi connectivity index (χ0v) is 13.4. The second kappa shape index (κ2) is 5.75. The smallest absolute Gasteiger partial charge is 0.250 e. The van der Waals surface area contributed by atoms with E-state index in [-0.39, 0.29) is 6.04 Å². The molecule has 2 fully saturated rings. The van der Waals surface area contributed by atoms with Crippen molar-refractivity contribution >= 4 is 21.4 Å². The van der Waals surface area contributed by atoms with Crippen molar-refractivity contribution in [1.29, 1.82) is 0 Å². The molecule has 3 atom stereocenters. The summed E-state index contributed by atoms with van der Waals surface area (Å²) in [4.78, 5) is 0. The molecule has 1 aromatic rings. The van der Waals surface area contributed by atoms with E-state index in [0.29, 0.717) is 10.1 Å². The fourth-order valence-electron chi connectivity index (χ4n) is 3.50. The molecule has 0 saturated heterocycles. The number of rotatable bonds is 6. The van der Waals surface area contributed by atoms with Crippen molar-refractivity contribution in [2.45, 2.75) is 49.4 Å². The number of fused-ring (bicyclic) bond motifs is 2. The zero-order valence-electron chi connectivity index (χ0n) is 11.8. The van der Waals surface area contributed by atoms with Gasteiger partial charge in [-0.15, -0.1) is 11.3 Å². The van der Waals surface area contributed by atoms with Gasteiger partial charge in [0, 0.05) is 12.6 Å². The summed E-state index contributed by atoms with van der Waals surface area (Å²) in [6.07, 6.45) is 4.71. The van der Waals surface area contributed by atoms with E-state index in [4.69, 9.17) is 0 Å². The predicted molar refractivity (Wildman–Crippen MR) is 81.3 cm³/mol. The second-order valence-corrected chi connectivity index (χ2v) is 8.81. The monoisotopic (exact) mass is 314 g/mol. The van der Waals surface area contributed by atoms with Crippen LogP contribution in [0.25, 0.3) is 0 Å². The summed E-state index contributed by atoms with van der Waals surface area (Å²) in [7, 11) is -3.33. The molecule has 2 aliphatic rings. The average molecular weight is 314 g/mol. The Morgan fingerprint density at radius 1 is 1.35 bits per heavy atom. The molecule has 2 aliphatic carbocycles. The molecule has 0 aromatic carbocycles. The molecule has 0 amide bonds. The van der Waals surface area contributed by atoms with Gasteiger partial charge in [-0.05, 0) is 54.7 Å². The van der Waals surface area contributed by atoms with Gasteiger partial charge in [0.05, 0.1) is 0 Å². The van der Waals surface area contributed by atoms with E-state index in [1.165, 1.54) is 30.6 Å². The first-order chi connectivity index (χ1) is 9.58. The van der Waals surface area contributed by atoms with Crippen LogP contribution in [0.4, 0.5) is 0 Å². The van der Waals surface area contributed by atoms with E-state index in [2.05, 4.69) is 10.0 Å². The third kappa shape index (κ3) is 2.93. The van der Waals surface area contributed by atoms with Crippen LogP contribution in [0.3, 0.4) is 0 Å². The van der Waals surface area contributed by atoms with E-state index < -0.39 is 10.0 Å². The molecule has 20 heavy (non-hydrogen) atoms. The Balaban J connectivity index is 1.67.